The maximum Gasteiger partial charge on any atom is 0.181 e. The van der Waals surface area contributed by atoms with Gasteiger partial charge in [0, 0.05) is 0 Å². The highest BCUT2D eigenvalue weighted by Gasteiger charge is 2.23. The van der Waals surface area contributed by atoms with Crippen molar-refractivity contribution in [2.24, 2.45) is 5.73 Å². The summed E-state index contributed by atoms with van der Waals surface area (Å²) in [5, 5.41) is 0. The second-order valence-corrected chi connectivity index (χ2v) is 3.57. The predicted octanol–water partition coefficient (Wildman–Crippen LogP) is 1.18. The van der Waals surface area contributed by atoms with E-state index in [1.54, 1.807) is 13.2 Å². The lowest BCUT2D eigenvalue weighted by atomic mass is 9.93. The largest absolute Gasteiger partial charge is 0.497 e. The van der Waals surface area contributed by atoms with Gasteiger partial charge in [-0.25, -0.2) is 0 Å². The molecule has 0 aromatic heterocycles. The van der Waals surface area contributed by atoms with Crippen LogP contribution in [0.1, 0.15) is 11.5 Å². The topological polar surface area (TPSA) is 61.6 Å². The Morgan fingerprint density at radius 3 is 2.69 bits per heavy atom. The SMILES string of the molecule is COc1ccc(C2C=C(N)OCC2=O)cc1. The summed E-state index contributed by atoms with van der Waals surface area (Å²) in [5.74, 6) is 0.777. The lowest BCUT2D eigenvalue weighted by Gasteiger charge is -2.19. The van der Waals surface area contributed by atoms with Crippen molar-refractivity contribution in [2.45, 2.75) is 5.92 Å². The third-order valence-corrected chi connectivity index (χ3v) is 2.53. The van der Waals surface area contributed by atoms with Gasteiger partial charge in [0.1, 0.15) is 12.4 Å². The van der Waals surface area contributed by atoms with Gasteiger partial charge in [-0.15, -0.1) is 0 Å². The van der Waals surface area contributed by atoms with Gasteiger partial charge in [-0.2, -0.15) is 0 Å². The maximum absolute atomic E-state index is 11.6. The third kappa shape index (κ3) is 2.00. The first kappa shape index (κ1) is 10.5. The van der Waals surface area contributed by atoms with E-state index in [1.165, 1.54) is 0 Å². The summed E-state index contributed by atoms with van der Waals surface area (Å²) in [6, 6.07) is 7.36. The smallest absolute Gasteiger partial charge is 0.181 e. The van der Waals surface area contributed by atoms with Crippen molar-refractivity contribution >= 4 is 5.78 Å². The van der Waals surface area contributed by atoms with Crippen molar-refractivity contribution in [3.63, 3.8) is 0 Å². The molecule has 0 spiro atoms. The van der Waals surface area contributed by atoms with Crippen LogP contribution in [0.5, 0.6) is 5.75 Å². The zero-order valence-corrected chi connectivity index (χ0v) is 8.97. The van der Waals surface area contributed by atoms with Crippen molar-refractivity contribution in [1.29, 1.82) is 0 Å². The van der Waals surface area contributed by atoms with Gasteiger partial charge in [0.2, 0.25) is 0 Å². The van der Waals surface area contributed by atoms with E-state index in [-0.39, 0.29) is 18.3 Å². The van der Waals surface area contributed by atoms with Crippen molar-refractivity contribution in [3.8, 4) is 5.75 Å². The van der Waals surface area contributed by atoms with Crippen molar-refractivity contribution in [3.05, 3.63) is 41.8 Å². The molecule has 1 aliphatic rings. The summed E-state index contributed by atoms with van der Waals surface area (Å²) in [6.45, 7) is 0.0407. The molecule has 0 radical (unpaired) electrons. The van der Waals surface area contributed by atoms with Gasteiger partial charge < -0.3 is 15.2 Å². The Hall–Kier alpha value is -1.97. The van der Waals surface area contributed by atoms with Gasteiger partial charge in [0.15, 0.2) is 11.7 Å². The molecule has 1 heterocycles. The van der Waals surface area contributed by atoms with Gasteiger partial charge >= 0.3 is 0 Å². The number of nitrogens with two attached hydrogens (primary N) is 1. The Kier molecular flexibility index (Phi) is 2.81. The number of hydrogen-bond acceptors (Lipinski definition) is 4. The summed E-state index contributed by atoms with van der Waals surface area (Å²) in [5.41, 5.74) is 6.44. The summed E-state index contributed by atoms with van der Waals surface area (Å²) in [6.07, 6.45) is 1.63. The van der Waals surface area contributed by atoms with Crippen LogP contribution in [-0.2, 0) is 9.53 Å². The van der Waals surface area contributed by atoms with Crippen LogP contribution in [0.4, 0.5) is 0 Å². The minimum atomic E-state index is -0.306. The standard InChI is InChI=1S/C12H13NO3/c1-15-9-4-2-8(3-5-9)10-6-12(13)16-7-11(10)14/h2-6,10H,7,13H2,1H3. The molecule has 1 aliphatic heterocycles. The van der Waals surface area contributed by atoms with E-state index < -0.39 is 0 Å². The van der Waals surface area contributed by atoms with E-state index in [0.717, 1.165) is 11.3 Å². The van der Waals surface area contributed by atoms with E-state index in [1.807, 2.05) is 24.3 Å². The molecule has 1 aromatic carbocycles. The summed E-state index contributed by atoms with van der Waals surface area (Å²) in [4.78, 5) is 11.6. The number of Topliss-reactive ketones (excluding diaryl/α,β-unsaturated/α-hetero) is 1. The summed E-state index contributed by atoms with van der Waals surface area (Å²) >= 11 is 0. The average molecular weight is 219 g/mol. The molecule has 1 aromatic rings. The quantitative estimate of drug-likeness (QED) is 0.811. The monoisotopic (exact) mass is 219 g/mol. The van der Waals surface area contributed by atoms with Crippen LogP contribution in [-0.4, -0.2) is 19.5 Å². The number of carbonyl (C=O) groups is 1. The van der Waals surface area contributed by atoms with E-state index in [9.17, 15) is 4.79 Å². The molecule has 84 valence electrons. The molecule has 0 saturated heterocycles. The van der Waals surface area contributed by atoms with Gasteiger partial charge in [0.05, 0.1) is 13.0 Å². The first-order valence-corrected chi connectivity index (χ1v) is 4.97. The highest BCUT2D eigenvalue weighted by molar-refractivity contribution is 5.89. The van der Waals surface area contributed by atoms with E-state index >= 15 is 0 Å². The number of allylic oxidation sites excluding steroid dienone is 1. The van der Waals surface area contributed by atoms with Crippen molar-refractivity contribution < 1.29 is 14.3 Å². The van der Waals surface area contributed by atoms with Crippen LogP contribution in [0.15, 0.2) is 36.2 Å². The molecule has 0 amide bonds. The minimum Gasteiger partial charge on any atom is -0.497 e. The van der Waals surface area contributed by atoms with Crippen LogP contribution in [0, 0.1) is 0 Å². The van der Waals surface area contributed by atoms with Crippen molar-refractivity contribution in [1.82, 2.24) is 0 Å². The van der Waals surface area contributed by atoms with Crippen LogP contribution >= 0.6 is 0 Å². The third-order valence-electron chi connectivity index (χ3n) is 2.53. The average Bonchev–Trinajstić information content (AvgIpc) is 2.32. The van der Waals surface area contributed by atoms with Crippen LogP contribution in [0.25, 0.3) is 0 Å². The Labute approximate surface area is 93.7 Å². The van der Waals surface area contributed by atoms with E-state index in [2.05, 4.69) is 0 Å². The minimum absolute atomic E-state index is 0.0133. The molecule has 16 heavy (non-hydrogen) atoms. The molecule has 0 fully saturated rings. The normalized spacial score (nSPS) is 19.9. The molecule has 1 unspecified atom stereocenters. The summed E-state index contributed by atoms with van der Waals surface area (Å²) in [7, 11) is 1.60. The first-order chi connectivity index (χ1) is 7.70. The van der Waals surface area contributed by atoms with Gasteiger partial charge in [0.25, 0.3) is 0 Å². The number of benzene rings is 1. The highest BCUT2D eigenvalue weighted by atomic mass is 16.5. The number of methoxy groups -OCH3 is 1. The Bertz CT molecular complexity index is 422. The van der Waals surface area contributed by atoms with Gasteiger partial charge in [-0.3, -0.25) is 4.79 Å². The number of carbonyl (C=O) groups excluding carboxylic acids is 1. The first-order valence-electron chi connectivity index (χ1n) is 4.97. The van der Waals surface area contributed by atoms with Crippen LogP contribution in [0.3, 0.4) is 0 Å². The highest BCUT2D eigenvalue weighted by Crippen LogP contribution is 2.24. The molecular weight excluding hydrogens is 206 g/mol. The molecule has 4 nitrogen and oxygen atoms in total. The Morgan fingerprint density at radius 1 is 1.38 bits per heavy atom. The number of hydrogen-bond donors (Lipinski definition) is 1. The van der Waals surface area contributed by atoms with Crippen LogP contribution < -0.4 is 10.5 Å². The molecule has 2 rings (SSSR count). The maximum atomic E-state index is 11.6. The van der Waals surface area contributed by atoms with Gasteiger partial charge in [-0.05, 0) is 23.8 Å². The predicted molar refractivity (Wildman–Crippen MR) is 59.0 cm³/mol. The molecule has 0 saturated carbocycles. The molecule has 1 atom stereocenters. The molecule has 2 N–H and O–H groups in total. The zero-order chi connectivity index (χ0) is 11.5. The van der Waals surface area contributed by atoms with Crippen LogP contribution in [0.2, 0.25) is 0 Å². The Balaban J connectivity index is 2.28. The number of ketones is 1. The Morgan fingerprint density at radius 2 is 2.06 bits per heavy atom. The molecular formula is C12H13NO3. The number of ether oxygens (including phenoxy) is 2. The lowest BCUT2D eigenvalue weighted by Crippen LogP contribution is -2.24. The van der Waals surface area contributed by atoms with Crippen molar-refractivity contribution in [2.75, 3.05) is 13.7 Å². The second-order valence-electron chi connectivity index (χ2n) is 3.57. The molecule has 0 bridgehead atoms. The number of rotatable bonds is 2. The fraction of sp³-hybridized carbons (Fsp3) is 0.250. The fourth-order valence-electron chi connectivity index (χ4n) is 1.64. The molecule has 0 aliphatic carbocycles. The second kappa shape index (κ2) is 4.26. The van der Waals surface area contributed by atoms with Gasteiger partial charge in [-0.1, -0.05) is 12.1 Å². The molecule has 4 heteroatoms. The summed E-state index contributed by atoms with van der Waals surface area (Å²) < 4.78 is 10.0. The van der Waals surface area contributed by atoms with E-state index in [0.29, 0.717) is 5.88 Å². The van der Waals surface area contributed by atoms with E-state index in [4.69, 9.17) is 15.2 Å². The zero-order valence-electron chi connectivity index (χ0n) is 8.97. The lowest BCUT2D eigenvalue weighted by molar-refractivity contribution is -0.124. The fourth-order valence-corrected chi connectivity index (χ4v) is 1.64.